The van der Waals surface area contributed by atoms with E-state index in [9.17, 15) is 35.5 Å². The Morgan fingerprint density at radius 3 is 1.94 bits per heavy atom. The molecule has 1 aromatic heterocycles. The summed E-state index contributed by atoms with van der Waals surface area (Å²) in [4.78, 5) is 11.8. The van der Waals surface area contributed by atoms with Crippen LogP contribution in [0.4, 0.5) is 30.7 Å². The molecule has 182 valence electrons. The summed E-state index contributed by atoms with van der Waals surface area (Å²) in [6, 6.07) is 5.64. The highest BCUT2D eigenvalue weighted by molar-refractivity contribution is 6.39. The van der Waals surface area contributed by atoms with Gasteiger partial charge in [-0.05, 0) is 24.3 Å². The fourth-order valence-corrected chi connectivity index (χ4v) is 3.84. The number of rotatable bonds is 4. The number of halogens is 10. The second kappa shape index (κ2) is 8.94. The first kappa shape index (κ1) is 26.1. The molecule has 0 unspecified atom stereocenters. The lowest BCUT2D eigenvalue weighted by atomic mass is 9.93. The molecule has 0 spiro atoms. The monoisotopic (exact) mass is 549 g/mol. The Hall–Kier alpha value is -2.50. The summed E-state index contributed by atoms with van der Waals surface area (Å²) in [7, 11) is 1.14. The van der Waals surface area contributed by atoms with Gasteiger partial charge >= 0.3 is 24.0 Å². The summed E-state index contributed by atoms with van der Waals surface area (Å²) in [6.07, 6.45) is -12.7. The van der Waals surface area contributed by atoms with Gasteiger partial charge in [-0.3, -0.25) is 0 Å². The zero-order chi connectivity index (χ0) is 25.6. The molecule has 3 rings (SSSR count). The molecule has 0 N–H and O–H groups in total. The summed E-state index contributed by atoms with van der Waals surface area (Å²) in [5.41, 5.74) is -7.54. The van der Waals surface area contributed by atoms with Crippen LogP contribution in [-0.2, 0) is 10.4 Å². The highest BCUT2D eigenvalue weighted by atomic mass is 35.5. The van der Waals surface area contributed by atoms with Gasteiger partial charge in [0.25, 0.3) is 0 Å². The first-order valence-electron chi connectivity index (χ1n) is 8.79. The van der Waals surface area contributed by atoms with Crippen LogP contribution in [0.5, 0.6) is 0 Å². The molecular weight excluding hydrogens is 542 g/mol. The number of hydrogen-bond acceptors (Lipinski definition) is 4. The Morgan fingerprint density at radius 2 is 1.44 bits per heavy atom. The zero-order valence-corrected chi connectivity index (χ0v) is 18.7. The van der Waals surface area contributed by atoms with E-state index in [1.54, 1.807) is 0 Å². The van der Waals surface area contributed by atoms with Gasteiger partial charge in [0, 0.05) is 17.2 Å². The first-order chi connectivity index (χ1) is 15.6. The van der Waals surface area contributed by atoms with Crippen LogP contribution < -0.4 is 0 Å². The van der Waals surface area contributed by atoms with Crippen molar-refractivity contribution in [3.8, 4) is 22.6 Å². The molecule has 14 heteroatoms. The van der Waals surface area contributed by atoms with Crippen LogP contribution in [0, 0.1) is 0 Å². The molecule has 0 fully saturated rings. The molecule has 34 heavy (non-hydrogen) atoms. The highest BCUT2D eigenvalue weighted by Gasteiger charge is 2.73. The number of aromatic nitrogens is 1. The van der Waals surface area contributed by atoms with E-state index in [1.165, 1.54) is 24.3 Å². The van der Waals surface area contributed by atoms with Crippen molar-refractivity contribution in [3.05, 3.63) is 62.6 Å². The minimum Gasteiger partial charge on any atom is -0.465 e. The van der Waals surface area contributed by atoms with Gasteiger partial charge < -0.3 is 9.26 Å². The Bertz CT molecular complexity index is 1220. The molecule has 0 radical (unpaired) electrons. The molecule has 3 aromatic rings. The standard InChI is InChI=1S/C20H9Cl3F7NO3/c1-33-17(32)10-4-8(2-3-11(10)21)14-7-15(34-31-14)16-12(22)5-9(6-13(16)23)18(24,19(25,26)27)20(28,29)30/h2-7H,1H3. The van der Waals surface area contributed by atoms with Crippen LogP contribution >= 0.6 is 34.8 Å². The maximum Gasteiger partial charge on any atom is 0.435 e. The SMILES string of the molecule is COC(=O)c1cc(-c2cc(-c3c(Cl)cc(C(F)(C(F)(F)F)C(F)(F)F)cc3Cl)on2)ccc1Cl. The lowest BCUT2D eigenvalue weighted by molar-refractivity contribution is -0.348. The topological polar surface area (TPSA) is 52.3 Å². The van der Waals surface area contributed by atoms with Crippen LogP contribution in [0.25, 0.3) is 22.6 Å². The van der Waals surface area contributed by atoms with Crippen LogP contribution in [0.2, 0.25) is 15.1 Å². The number of esters is 1. The first-order valence-corrected chi connectivity index (χ1v) is 9.92. The van der Waals surface area contributed by atoms with E-state index in [4.69, 9.17) is 39.3 Å². The Morgan fingerprint density at radius 1 is 0.882 bits per heavy atom. The molecule has 0 aliphatic rings. The smallest absolute Gasteiger partial charge is 0.435 e. The summed E-state index contributed by atoms with van der Waals surface area (Å²) in [5.74, 6) is -1.00. The number of nitrogens with zero attached hydrogens (tertiary/aromatic N) is 1. The molecule has 0 amide bonds. The van der Waals surface area contributed by atoms with Crippen LogP contribution in [0.15, 0.2) is 40.9 Å². The van der Waals surface area contributed by atoms with Crippen molar-refractivity contribution in [2.24, 2.45) is 0 Å². The molecule has 0 aliphatic carbocycles. The second-order valence-corrected chi connectivity index (χ2v) is 7.95. The van der Waals surface area contributed by atoms with Crippen LogP contribution in [0.1, 0.15) is 15.9 Å². The predicted octanol–water partition coefficient (Wildman–Crippen LogP) is 8.04. The van der Waals surface area contributed by atoms with Crippen molar-refractivity contribution in [2.45, 2.75) is 18.0 Å². The minimum absolute atomic E-state index is 0.00905. The third-order valence-electron chi connectivity index (χ3n) is 4.65. The third kappa shape index (κ3) is 4.44. The Kier molecular flexibility index (Phi) is 6.86. The summed E-state index contributed by atoms with van der Waals surface area (Å²) in [5, 5.41) is 2.29. The van der Waals surface area contributed by atoms with Gasteiger partial charge in [0.1, 0.15) is 5.69 Å². The fourth-order valence-electron chi connectivity index (χ4n) is 2.98. The molecule has 0 saturated carbocycles. The lowest BCUT2D eigenvalue weighted by Gasteiger charge is -2.30. The summed E-state index contributed by atoms with van der Waals surface area (Å²) < 4.78 is 102. The average Bonchev–Trinajstić information content (AvgIpc) is 3.20. The lowest BCUT2D eigenvalue weighted by Crippen LogP contribution is -2.50. The normalized spacial score (nSPS) is 12.7. The molecule has 4 nitrogen and oxygen atoms in total. The van der Waals surface area contributed by atoms with Gasteiger partial charge in [0.2, 0.25) is 0 Å². The molecule has 0 atom stereocenters. The van der Waals surface area contributed by atoms with E-state index in [-0.39, 0.29) is 39.7 Å². The van der Waals surface area contributed by atoms with Gasteiger partial charge in [-0.25, -0.2) is 9.18 Å². The maximum absolute atomic E-state index is 14.4. The number of carbonyl (C=O) groups excluding carboxylic acids is 1. The van der Waals surface area contributed by atoms with Crippen molar-refractivity contribution < 1.29 is 44.8 Å². The molecule has 0 saturated heterocycles. The number of ether oxygens (including phenoxy) is 1. The second-order valence-electron chi connectivity index (χ2n) is 6.73. The molecule has 0 aliphatic heterocycles. The fraction of sp³-hybridized carbons (Fsp3) is 0.200. The van der Waals surface area contributed by atoms with E-state index in [1.807, 2.05) is 0 Å². The van der Waals surface area contributed by atoms with Gasteiger partial charge in [-0.1, -0.05) is 46.0 Å². The van der Waals surface area contributed by atoms with E-state index in [0.29, 0.717) is 5.56 Å². The van der Waals surface area contributed by atoms with Gasteiger partial charge in [-0.15, -0.1) is 0 Å². The number of alkyl halides is 7. The van der Waals surface area contributed by atoms with Crippen molar-refractivity contribution in [3.63, 3.8) is 0 Å². The Balaban J connectivity index is 2.09. The van der Waals surface area contributed by atoms with Crippen LogP contribution in [-0.4, -0.2) is 30.6 Å². The predicted molar refractivity (Wildman–Crippen MR) is 109 cm³/mol. The number of hydrogen-bond donors (Lipinski definition) is 0. The summed E-state index contributed by atoms with van der Waals surface area (Å²) in [6.45, 7) is 0. The van der Waals surface area contributed by atoms with Crippen molar-refractivity contribution in [2.75, 3.05) is 7.11 Å². The minimum atomic E-state index is -6.34. The van der Waals surface area contributed by atoms with Crippen molar-refractivity contribution in [1.82, 2.24) is 5.16 Å². The molecular formula is C20H9Cl3F7NO3. The molecule has 2 aromatic carbocycles. The molecule has 1 heterocycles. The largest absolute Gasteiger partial charge is 0.465 e. The van der Waals surface area contributed by atoms with Crippen molar-refractivity contribution >= 4 is 40.8 Å². The summed E-state index contributed by atoms with van der Waals surface area (Å²) >= 11 is 17.7. The maximum atomic E-state index is 14.4. The zero-order valence-electron chi connectivity index (χ0n) is 16.4. The Labute approximate surface area is 201 Å². The number of benzene rings is 2. The highest BCUT2D eigenvalue weighted by Crippen LogP contribution is 2.54. The quantitative estimate of drug-likeness (QED) is 0.244. The molecule has 0 bridgehead atoms. The van der Waals surface area contributed by atoms with Gasteiger partial charge in [0.15, 0.2) is 5.76 Å². The average molecular weight is 551 g/mol. The van der Waals surface area contributed by atoms with Crippen molar-refractivity contribution in [1.29, 1.82) is 0 Å². The van der Waals surface area contributed by atoms with E-state index < -0.39 is 39.6 Å². The van der Waals surface area contributed by atoms with Gasteiger partial charge in [0.05, 0.1) is 33.3 Å². The number of methoxy groups -OCH3 is 1. The van der Waals surface area contributed by atoms with E-state index >= 15 is 0 Å². The number of carbonyl (C=O) groups is 1. The van der Waals surface area contributed by atoms with E-state index in [2.05, 4.69) is 9.89 Å². The van der Waals surface area contributed by atoms with Gasteiger partial charge in [-0.2, -0.15) is 26.3 Å². The van der Waals surface area contributed by atoms with E-state index in [0.717, 1.165) is 7.11 Å². The third-order valence-corrected chi connectivity index (χ3v) is 5.57. The van der Waals surface area contributed by atoms with Crippen LogP contribution in [0.3, 0.4) is 0 Å².